The van der Waals surface area contributed by atoms with Gasteiger partial charge in [-0.05, 0) is 50.1 Å². The van der Waals surface area contributed by atoms with Crippen LogP contribution < -0.4 is 15.0 Å². The Balaban J connectivity index is 0.00000324. The molecule has 0 atom stereocenters. The number of hydrogen-bond donors (Lipinski definition) is 1. The van der Waals surface area contributed by atoms with Crippen LogP contribution in [0.15, 0.2) is 60.8 Å². The van der Waals surface area contributed by atoms with Gasteiger partial charge < -0.3 is 15.0 Å². The van der Waals surface area contributed by atoms with Crippen LogP contribution in [0.2, 0.25) is 0 Å². The van der Waals surface area contributed by atoms with Crippen LogP contribution in [0.4, 0.5) is 16.6 Å². The fraction of sp³-hybridized carbons (Fsp3) is 0.231. The molecule has 1 N–H and O–H groups in total. The van der Waals surface area contributed by atoms with Gasteiger partial charge in [-0.15, -0.1) is 0 Å². The van der Waals surface area contributed by atoms with Crippen LogP contribution in [-0.2, 0) is 6.54 Å². The van der Waals surface area contributed by atoms with Gasteiger partial charge >= 0.3 is 0 Å². The van der Waals surface area contributed by atoms with Crippen LogP contribution in [0, 0.1) is 20.8 Å². The van der Waals surface area contributed by atoms with Crippen LogP contribution in [0.3, 0.4) is 0 Å². The standard InChI is InChI=1S/C25H25N5O2S.CH4/c1-16-7-5-6-8-21(16)30(15-19-9-11-20(32-4)12-10-19)24(31)22-14-26-25(33-22)29-23-13-17(2)27-18(3)28-23;/h5-14H,15H2,1-4H3,(H,26,27,28,29);1H4. The molecule has 7 nitrogen and oxygen atoms in total. The van der Waals surface area contributed by atoms with Crippen molar-refractivity contribution in [3.63, 3.8) is 0 Å². The highest BCUT2D eigenvalue weighted by atomic mass is 32.1. The summed E-state index contributed by atoms with van der Waals surface area (Å²) in [5.74, 6) is 2.00. The molecule has 0 fully saturated rings. The molecule has 0 bridgehead atoms. The average molecular weight is 476 g/mol. The van der Waals surface area contributed by atoms with Crippen LogP contribution >= 0.6 is 11.3 Å². The fourth-order valence-corrected chi connectivity index (χ4v) is 4.27. The Morgan fingerprint density at radius 1 is 1.06 bits per heavy atom. The first-order valence-corrected chi connectivity index (χ1v) is 11.3. The number of nitrogens with zero attached hydrogens (tertiary/aromatic N) is 4. The molecule has 0 saturated heterocycles. The molecule has 4 aromatic rings. The number of thiazole rings is 1. The number of methoxy groups -OCH3 is 1. The molecular weight excluding hydrogens is 446 g/mol. The van der Waals surface area contributed by atoms with E-state index < -0.39 is 0 Å². The van der Waals surface area contributed by atoms with Crippen molar-refractivity contribution in [2.75, 3.05) is 17.3 Å². The second-order valence-electron chi connectivity index (χ2n) is 7.62. The molecule has 4 rings (SSSR count). The first-order chi connectivity index (χ1) is 15.9. The number of aryl methyl sites for hydroxylation is 3. The smallest absolute Gasteiger partial charge is 0.270 e. The number of nitrogens with one attached hydrogen (secondary N) is 1. The minimum absolute atomic E-state index is 0. The highest BCUT2D eigenvalue weighted by Crippen LogP contribution is 2.28. The summed E-state index contributed by atoms with van der Waals surface area (Å²) >= 11 is 1.30. The third kappa shape index (κ3) is 5.77. The van der Waals surface area contributed by atoms with Crippen molar-refractivity contribution < 1.29 is 9.53 Å². The van der Waals surface area contributed by atoms with Crippen molar-refractivity contribution in [3.05, 3.63) is 88.3 Å². The zero-order valence-electron chi connectivity index (χ0n) is 19.0. The highest BCUT2D eigenvalue weighted by Gasteiger charge is 2.22. The molecular formula is C26H29N5O2S. The minimum atomic E-state index is -0.110. The fourth-order valence-electron chi connectivity index (χ4n) is 3.50. The maximum Gasteiger partial charge on any atom is 0.270 e. The van der Waals surface area contributed by atoms with Gasteiger partial charge in [0.15, 0.2) is 5.13 Å². The van der Waals surface area contributed by atoms with E-state index in [1.54, 1.807) is 18.2 Å². The maximum absolute atomic E-state index is 13.6. The molecule has 2 aromatic carbocycles. The third-order valence-electron chi connectivity index (χ3n) is 5.07. The summed E-state index contributed by atoms with van der Waals surface area (Å²) in [6.45, 7) is 6.19. The van der Waals surface area contributed by atoms with Crippen LogP contribution in [0.25, 0.3) is 0 Å². The number of ether oxygens (including phenoxy) is 1. The normalized spacial score (nSPS) is 10.4. The Hall–Kier alpha value is -3.78. The molecule has 0 saturated carbocycles. The lowest BCUT2D eigenvalue weighted by Crippen LogP contribution is -2.30. The van der Waals surface area contributed by atoms with E-state index in [2.05, 4.69) is 20.3 Å². The van der Waals surface area contributed by atoms with E-state index in [-0.39, 0.29) is 13.3 Å². The highest BCUT2D eigenvalue weighted by molar-refractivity contribution is 7.17. The third-order valence-corrected chi connectivity index (χ3v) is 5.97. The molecule has 8 heteroatoms. The van der Waals surface area contributed by atoms with Gasteiger partial charge in [0.2, 0.25) is 0 Å². The number of hydrogen-bond acceptors (Lipinski definition) is 7. The van der Waals surface area contributed by atoms with E-state index in [1.807, 2.05) is 75.4 Å². The molecule has 0 aliphatic carbocycles. The van der Waals surface area contributed by atoms with Crippen molar-refractivity contribution in [2.24, 2.45) is 0 Å². The predicted molar refractivity (Wildman–Crippen MR) is 138 cm³/mol. The first kappa shape index (κ1) is 24.9. The molecule has 0 unspecified atom stereocenters. The van der Waals surface area contributed by atoms with E-state index in [4.69, 9.17) is 4.74 Å². The molecule has 0 radical (unpaired) electrons. The van der Waals surface area contributed by atoms with E-state index in [0.717, 1.165) is 28.3 Å². The van der Waals surface area contributed by atoms with Gasteiger partial charge in [-0.1, -0.05) is 49.1 Å². The molecule has 0 spiro atoms. The lowest BCUT2D eigenvalue weighted by molar-refractivity contribution is 0.0988. The summed E-state index contributed by atoms with van der Waals surface area (Å²) in [6.07, 6.45) is 1.61. The molecule has 176 valence electrons. The molecule has 0 aliphatic heterocycles. The van der Waals surface area contributed by atoms with Crippen molar-refractivity contribution in [1.82, 2.24) is 15.0 Å². The molecule has 34 heavy (non-hydrogen) atoms. The number of para-hydroxylation sites is 1. The van der Waals surface area contributed by atoms with Crippen LogP contribution in [-0.4, -0.2) is 28.0 Å². The number of rotatable bonds is 7. The number of carbonyl (C=O) groups excluding carboxylic acids is 1. The van der Waals surface area contributed by atoms with Crippen LogP contribution in [0.5, 0.6) is 5.75 Å². The largest absolute Gasteiger partial charge is 0.497 e. The lowest BCUT2D eigenvalue weighted by Gasteiger charge is -2.24. The Bertz CT molecular complexity index is 1250. The Morgan fingerprint density at radius 3 is 2.47 bits per heavy atom. The van der Waals surface area contributed by atoms with Gasteiger partial charge in [0.05, 0.1) is 19.9 Å². The summed E-state index contributed by atoms with van der Waals surface area (Å²) in [5.41, 5.74) is 3.75. The number of benzene rings is 2. The molecule has 0 aliphatic rings. The van der Waals surface area contributed by atoms with Gasteiger partial charge in [-0.3, -0.25) is 4.79 Å². The Kier molecular flexibility index (Phi) is 7.96. The van der Waals surface area contributed by atoms with Crippen molar-refractivity contribution in [1.29, 1.82) is 0 Å². The van der Waals surface area contributed by atoms with E-state index in [0.29, 0.717) is 28.2 Å². The summed E-state index contributed by atoms with van der Waals surface area (Å²) in [7, 11) is 1.64. The molecule has 2 aromatic heterocycles. The molecule has 1 amide bonds. The van der Waals surface area contributed by atoms with Gasteiger partial charge in [-0.2, -0.15) is 0 Å². The van der Waals surface area contributed by atoms with E-state index in [1.165, 1.54) is 11.3 Å². The number of anilines is 3. The first-order valence-electron chi connectivity index (χ1n) is 10.5. The molecule has 2 heterocycles. The van der Waals surface area contributed by atoms with Crippen LogP contribution in [0.1, 0.15) is 39.7 Å². The van der Waals surface area contributed by atoms with Gasteiger partial charge in [0.25, 0.3) is 5.91 Å². The van der Waals surface area contributed by atoms with Crippen molar-refractivity contribution in [3.8, 4) is 5.75 Å². The lowest BCUT2D eigenvalue weighted by atomic mass is 10.1. The summed E-state index contributed by atoms with van der Waals surface area (Å²) < 4.78 is 5.26. The zero-order chi connectivity index (χ0) is 23.4. The second-order valence-corrected chi connectivity index (χ2v) is 8.65. The Labute approximate surface area is 204 Å². The topological polar surface area (TPSA) is 80.2 Å². The number of amides is 1. The number of carbonyl (C=O) groups is 1. The number of aromatic nitrogens is 3. The second kappa shape index (κ2) is 10.9. The Morgan fingerprint density at radius 2 is 1.79 bits per heavy atom. The zero-order valence-corrected chi connectivity index (χ0v) is 19.8. The maximum atomic E-state index is 13.6. The van der Waals surface area contributed by atoms with Gasteiger partial charge in [0, 0.05) is 17.4 Å². The predicted octanol–water partition coefficient (Wildman–Crippen LogP) is 6.09. The quantitative estimate of drug-likeness (QED) is 0.348. The summed E-state index contributed by atoms with van der Waals surface area (Å²) in [5, 5.41) is 3.79. The SMILES string of the molecule is C.COc1ccc(CN(C(=O)c2cnc(Nc3cc(C)nc(C)n3)s2)c2ccccc2C)cc1. The van der Waals surface area contributed by atoms with Gasteiger partial charge in [0.1, 0.15) is 22.3 Å². The summed E-state index contributed by atoms with van der Waals surface area (Å²) in [6, 6.07) is 17.5. The minimum Gasteiger partial charge on any atom is -0.497 e. The van der Waals surface area contributed by atoms with Crippen molar-refractivity contribution in [2.45, 2.75) is 34.7 Å². The summed E-state index contributed by atoms with van der Waals surface area (Å²) in [4.78, 5) is 29.0. The van der Waals surface area contributed by atoms with Crippen molar-refractivity contribution >= 4 is 33.9 Å². The van der Waals surface area contributed by atoms with Gasteiger partial charge in [-0.25, -0.2) is 15.0 Å². The van der Waals surface area contributed by atoms with E-state index >= 15 is 0 Å². The monoisotopic (exact) mass is 475 g/mol. The average Bonchev–Trinajstić information content (AvgIpc) is 3.26. The van der Waals surface area contributed by atoms with E-state index in [9.17, 15) is 4.79 Å².